The Kier molecular flexibility index (Phi) is 5.00. The second-order valence-electron chi connectivity index (χ2n) is 4.63. The van der Waals surface area contributed by atoms with Crippen molar-refractivity contribution in [2.24, 2.45) is 5.73 Å². The zero-order valence-electron chi connectivity index (χ0n) is 11.0. The van der Waals surface area contributed by atoms with Crippen LogP contribution >= 0.6 is 15.9 Å². The highest BCUT2D eigenvalue weighted by Crippen LogP contribution is 2.33. The molecule has 1 aromatic rings. The summed E-state index contributed by atoms with van der Waals surface area (Å²) in [6.07, 6.45) is 1.41. The highest BCUT2D eigenvalue weighted by Gasteiger charge is 2.32. The van der Waals surface area contributed by atoms with Crippen molar-refractivity contribution >= 4 is 33.4 Å². The third-order valence-corrected chi connectivity index (χ3v) is 3.73. The number of ether oxygens (including phenoxy) is 1. The number of para-hydroxylation sites is 2. The van der Waals surface area contributed by atoms with E-state index in [-0.39, 0.29) is 12.5 Å². The fraction of sp³-hybridized carbons (Fsp3) is 0.429. The Hall–Kier alpha value is -1.56. The van der Waals surface area contributed by atoms with Gasteiger partial charge in [-0.3, -0.25) is 9.59 Å². The SMILES string of the molecule is NC(=O)C1CN(C(=O)CCCCBr)c2ccccc2O1. The minimum absolute atomic E-state index is 0.00653. The topological polar surface area (TPSA) is 72.6 Å². The van der Waals surface area contributed by atoms with Gasteiger partial charge in [0.05, 0.1) is 12.2 Å². The number of nitrogens with zero attached hydrogens (tertiary/aromatic N) is 1. The van der Waals surface area contributed by atoms with Crippen LogP contribution in [-0.4, -0.2) is 29.8 Å². The summed E-state index contributed by atoms with van der Waals surface area (Å²) in [7, 11) is 0. The van der Waals surface area contributed by atoms with Crippen LogP contribution in [0, 0.1) is 0 Å². The summed E-state index contributed by atoms with van der Waals surface area (Å²) in [6, 6.07) is 7.19. The lowest BCUT2D eigenvalue weighted by atomic mass is 10.1. The molecule has 108 valence electrons. The van der Waals surface area contributed by atoms with Crippen LogP contribution in [0.4, 0.5) is 5.69 Å². The van der Waals surface area contributed by atoms with Gasteiger partial charge in [-0.2, -0.15) is 0 Å². The summed E-state index contributed by atoms with van der Waals surface area (Å²) in [4.78, 5) is 25.3. The number of unbranched alkanes of at least 4 members (excludes halogenated alkanes) is 1. The standard InChI is InChI=1S/C14H17BrN2O3/c15-8-4-3-7-13(18)17-9-12(14(16)19)20-11-6-2-1-5-10(11)17/h1-2,5-6,12H,3-4,7-9H2,(H2,16,19). The van der Waals surface area contributed by atoms with E-state index in [1.165, 1.54) is 0 Å². The van der Waals surface area contributed by atoms with Crippen LogP contribution in [0.2, 0.25) is 0 Å². The number of fused-ring (bicyclic) bond motifs is 1. The fourth-order valence-corrected chi connectivity index (χ4v) is 2.52. The molecule has 6 heteroatoms. The number of anilines is 1. The molecule has 1 unspecified atom stereocenters. The molecule has 2 rings (SSSR count). The largest absolute Gasteiger partial charge is 0.477 e. The number of nitrogens with two attached hydrogens (primary N) is 1. The summed E-state index contributed by atoms with van der Waals surface area (Å²) >= 11 is 3.34. The first-order valence-corrected chi connectivity index (χ1v) is 7.67. The lowest BCUT2D eigenvalue weighted by Crippen LogP contribution is -2.49. The molecule has 0 saturated carbocycles. The average Bonchev–Trinajstić information content (AvgIpc) is 2.46. The van der Waals surface area contributed by atoms with Crippen LogP contribution in [0.3, 0.4) is 0 Å². The number of primary amides is 1. The summed E-state index contributed by atoms with van der Waals surface area (Å²) in [5, 5.41) is 0.879. The van der Waals surface area contributed by atoms with Crippen LogP contribution in [-0.2, 0) is 9.59 Å². The molecule has 0 radical (unpaired) electrons. The van der Waals surface area contributed by atoms with E-state index in [0.29, 0.717) is 17.9 Å². The van der Waals surface area contributed by atoms with Crippen molar-refractivity contribution in [1.82, 2.24) is 0 Å². The zero-order chi connectivity index (χ0) is 14.5. The van der Waals surface area contributed by atoms with Crippen molar-refractivity contribution in [3.05, 3.63) is 24.3 Å². The number of alkyl halides is 1. The van der Waals surface area contributed by atoms with Crippen molar-refractivity contribution < 1.29 is 14.3 Å². The average molecular weight is 341 g/mol. The van der Waals surface area contributed by atoms with Crippen molar-refractivity contribution in [2.45, 2.75) is 25.4 Å². The van der Waals surface area contributed by atoms with E-state index >= 15 is 0 Å². The Balaban J connectivity index is 2.18. The normalized spacial score (nSPS) is 17.2. The van der Waals surface area contributed by atoms with E-state index in [4.69, 9.17) is 10.5 Å². The van der Waals surface area contributed by atoms with E-state index in [0.717, 1.165) is 18.2 Å². The Labute approximate surface area is 126 Å². The van der Waals surface area contributed by atoms with E-state index in [2.05, 4.69) is 15.9 Å². The van der Waals surface area contributed by atoms with Gasteiger partial charge in [0.1, 0.15) is 5.75 Å². The lowest BCUT2D eigenvalue weighted by Gasteiger charge is -2.33. The maximum absolute atomic E-state index is 12.3. The number of halogens is 1. The van der Waals surface area contributed by atoms with Crippen molar-refractivity contribution in [3.63, 3.8) is 0 Å². The first-order chi connectivity index (χ1) is 9.63. The minimum atomic E-state index is -0.787. The molecule has 1 atom stereocenters. The summed E-state index contributed by atoms with van der Waals surface area (Å²) in [5.41, 5.74) is 6.00. The molecule has 2 amide bonds. The third kappa shape index (κ3) is 3.30. The number of rotatable bonds is 5. The molecule has 0 bridgehead atoms. The fourth-order valence-electron chi connectivity index (χ4n) is 2.12. The van der Waals surface area contributed by atoms with Crippen LogP contribution < -0.4 is 15.4 Å². The molecule has 0 fully saturated rings. The van der Waals surface area contributed by atoms with Crippen molar-refractivity contribution in [2.75, 3.05) is 16.8 Å². The number of hydrogen-bond acceptors (Lipinski definition) is 3. The molecular formula is C14H17BrN2O3. The monoisotopic (exact) mass is 340 g/mol. The highest BCUT2D eigenvalue weighted by molar-refractivity contribution is 9.09. The van der Waals surface area contributed by atoms with Crippen LogP contribution in [0.25, 0.3) is 0 Å². The van der Waals surface area contributed by atoms with Gasteiger partial charge in [-0.1, -0.05) is 28.1 Å². The smallest absolute Gasteiger partial charge is 0.260 e. The predicted octanol–water partition coefficient (Wildman–Crippen LogP) is 1.83. The van der Waals surface area contributed by atoms with E-state index in [9.17, 15) is 9.59 Å². The molecule has 0 aromatic heterocycles. The maximum atomic E-state index is 12.3. The van der Waals surface area contributed by atoms with Gasteiger partial charge in [-0.25, -0.2) is 0 Å². The Bertz CT molecular complexity index is 507. The maximum Gasteiger partial charge on any atom is 0.260 e. The lowest BCUT2D eigenvalue weighted by molar-refractivity contribution is -0.125. The van der Waals surface area contributed by atoms with Gasteiger partial charge in [0, 0.05) is 11.8 Å². The van der Waals surface area contributed by atoms with Gasteiger partial charge < -0.3 is 15.4 Å². The van der Waals surface area contributed by atoms with Crippen molar-refractivity contribution in [1.29, 1.82) is 0 Å². The first kappa shape index (κ1) is 14.8. The number of benzene rings is 1. The predicted molar refractivity (Wildman–Crippen MR) is 80.1 cm³/mol. The second-order valence-corrected chi connectivity index (χ2v) is 5.42. The molecule has 0 spiro atoms. The number of hydrogen-bond donors (Lipinski definition) is 1. The quantitative estimate of drug-likeness (QED) is 0.656. The van der Waals surface area contributed by atoms with Gasteiger partial charge in [0.25, 0.3) is 5.91 Å². The van der Waals surface area contributed by atoms with Crippen molar-refractivity contribution in [3.8, 4) is 5.75 Å². The van der Waals surface area contributed by atoms with Gasteiger partial charge in [0.15, 0.2) is 6.10 Å². The molecule has 20 heavy (non-hydrogen) atoms. The molecular weight excluding hydrogens is 324 g/mol. The minimum Gasteiger partial charge on any atom is -0.477 e. The molecule has 1 heterocycles. The van der Waals surface area contributed by atoms with Gasteiger partial charge in [-0.05, 0) is 25.0 Å². The Morgan fingerprint density at radius 3 is 2.80 bits per heavy atom. The van der Waals surface area contributed by atoms with Gasteiger partial charge >= 0.3 is 0 Å². The molecule has 0 saturated heterocycles. The molecule has 5 nitrogen and oxygen atoms in total. The van der Waals surface area contributed by atoms with Crippen LogP contribution in [0.1, 0.15) is 19.3 Å². The third-order valence-electron chi connectivity index (χ3n) is 3.17. The Morgan fingerprint density at radius 2 is 2.10 bits per heavy atom. The second kappa shape index (κ2) is 6.74. The number of carbonyl (C=O) groups excluding carboxylic acids is 2. The van der Waals surface area contributed by atoms with Gasteiger partial charge in [-0.15, -0.1) is 0 Å². The first-order valence-electron chi connectivity index (χ1n) is 6.55. The van der Waals surface area contributed by atoms with E-state index in [1.807, 2.05) is 12.1 Å². The van der Waals surface area contributed by atoms with Gasteiger partial charge in [0.2, 0.25) is 5.91 Å². The molecule has 1 aliphatic heterocycles. The molecule has 2 N–H and O–H groups in total. The van der Waals surface area contributed by atoms with E-state index < -0.39 is 12.0 Å². The van der Waals surface area contributed by atoms with Crippen LogP contribution in [0.5, 0.6) is 5.75 Å². The van der Waals surface area contributed by atoms with E-state index in [1.54, 1.807) is 17.0 Å². The summed E-state index contributed by atoms with van der Waals surface area (Å²) in [5.74, 6) is -0.0397. The zero-order valence-corrected chi connectivity index (χ0v) is 12.6. The molecule has 1 aliphatic rings. The highest BCUT2D eigenvalue weighted by atomic mass is 79.9. The summed E-state index contributed by atoms with van der Waals surface area (Å²) in [6.45, 7) is 0.180. The van der Waals surface area contributed by atoms with Crippen LogP contribution in [0.15, 0.2) is 24.3 Å². The number of amides is 2. The summed E-state index contributed by atoms with van der Waals surface area (Å²) < 4.78 is 5.52. The Morgan fingerprint density at radius 1 is 1.35 bits per heavy atom. The molecule has 1 aromatic carbocycles. The number of carbonyl (C=O) groups is 2. The molecule has 0 aliphatic carbocycles.